The number of hydrogen-bond donors (Lipinski definition) is 1. The molecule has 1 unspecified atom stereocenters. The molecule has 1 atom stereocenters. The molecule has 2 rings (SSSR count). The lowest BCUT2D eigenvalue weighted by Crippen LogP contribution is -2.49. The van der Waals surface area contributed by atoms with E-state index < -0.39 is 6.10 Å². The molecule has 1 N–H and O–H groups in total. The minimum Gasteiger partial charge on any atom is -0.365 e. The van der Waals surface area contributed by atoms with Crippen molar-refractivity contribution in [3.63, 3.8) is 0 Å². The topological polar surface area (TPSA) is 89.2 Å². The molecule has 1 aliphatic heterocycles. The SMILES string of the molecule is CNC(=O)C1CN(c2c(C#N)cccc2C#N)CCO1. The summed E-state index contributed by atoms with van der Waals surface area (Å²) in [6, 6.07) is 9.20. The highest BCUT2D eigenvalue weighted by molar-refractivity contribution is 5.82. The molecule has 0 aliphatic carbocycles. The van der Waals surface area contributed by atoms with Crippen LogP contribution in [0.2, 0.25) is 0 Å². The number of ether oxygens (including phenoxy) is 1. The van der Waals surface area contributed by atoms with Crippen molar-refractivity contribution in [2.45, 2.75) is 6.10 Å². The van der Waals surface area contributed by atoms with E-state index in [1.54, 1.807) is 25.2 Å². The van der Waals surface area contributed by atoms with Gasteiger partial charge in [-0.3, -0.25) is 4.79 Å². The van der Waals surface area contributed by atoms with Gasteiger partial charge in [-0.15, -0.1) is 0 Å². The zero-order valence-corrected chi connectivity index (χ0v) is 11.1. The van der Waals surface area contributed by atoms with Crippen molar-refractivity contribution in [2.24, 2.45) is 0 Å². The number of nitrogens with zero attached hydrogens (tertiary/aromatic N) is 3. The van der Waals surface area contributed by atoms with Gasteiger partial charge in [0.15, 0.2) is 6.10 Å². The van der Waals surface area contributed by atoms with Crippen LogP contribution < -0.4 is 10.2 Å². The summed E-state index contributed by atoms with van der Waals surface area (Å²) in [4.78, 5) is 13.5. The Bertz CT molecular complexity index is 568. The minimum absolute atomic E-state index is 0.206. The zero-order chi connectivity index (χ0) is 14.5. The third-order valence-electron chi connectivity index (χ3n) is 3.20. The Morgan fingerprint density at radius 1 is 1.40 bits per heavy atom. The molecule has 0 radical (unpaired) electrons. The van der Waals surface area contributed by atoms with E-state index in [0.29, 0.717) is 36.5 Å². The number of carbonyl (C=O) groups is 1. The second kappa shape index (κ2) is 6.05. The van der Waals surface area contributed by atoms with Gasteiger partial charge < -0.3 is 15.0 Å². The van der Waals surface area contributed by atoms with E-state index in [1.165, 1.54) is 0 Å². The van der Waals surface area contributed by atoms with E-state index in [-0.39, 0.29) is 5.91 Å². The maximum atomic E-state index is 11.7. The third kappa shape index (κ3) is 2.56. The summed E-state index contributed by atoms with van der Waals surface area (Å²) < 4.78 is 5.41. The summed E-state index contributed by atoms with van der Waals surface area (Å²) in [5.74, 6) is -0.206. The standard InChI is InChI=1S/C14H14N4O2/c1-17-14(19)12-9-18(5-6-20-12)13-10(7-15)3-2-4-11(13)8-16/h2-4,12H,5-6,9H2,1H3,(H,17,19). The van der Waals surface area contributed by atoms with Crippen molar-refractivity contribution < 1.29 is 9.53 Å². The molecule has 1 aromatic carbocycles. The number of amides is 1. The number of anilines is 1. The molecule has 1 amide bonds. The van der Waals surface area contributed by atoms with E-state index in [4.69, 9.17) is 4.74 Å². The van der Waals surface area contributed by atoms with Crippen LogP contribution in [0.25, 0.3) is 0 Å². The molecule has 1 saturated heterocycles. The van der Waals surface area contributed by atoms with Crippen LogP contribution in [0.1, 0.15) is 11.1 Å². The number of carbonyl (C=O) groups excluding carboxylic acids is 1. The maximum absolute atomic E-state index is 11.7. The molecule has 1 heterocycles. The summed E-state index contributed by atoms with van der Waals surface area (Å²) in [5.41, 5.74) is 1.44. The Kier molecular flexibility index (Phi) is 4.19. The number of likely N-dealkylation sites (N-methyl/N-ethyl adjacent to an activating group) is 1. The summed E-state index contributed by atoms with van der Waals surface area (Å²) in [6.07, 6.45) is -0.591. The molecule has 6 heteroatoms. The van der Waals surface area contributed by atoms with Crippen molar-refractivity contribution in [1.82, 2.24) is 5.32 Å². The van der Waals surface area contributed by atoms with Gasteiger partial charge in [0.05, 0.1) is 30.0 Å². The minimum atomic E-state index is -0.591. The molecule has 102 valence electrons. The number of nitrogens with one attached hydrogen (secondary N) is 1. The zero-order valence-electron chi connectivity index (χ0n) is 11.1. The summed E-state index contributed by atoms with van der Waals surface area (Å²) in [5, 5.41) is 20.9. The van der Waals surface area contributed by atoms with Crippen LogP contribution in [-0.2, 0) is 9.53 Å². The molecule has 0 aromatic heterocycles. The first-order valence-corrected chi connectivity index (χ1v) is 6.22. The second-order valence-corrected chi connectivity index (χ2v) is 4.35. The molecule has 1 aliphatic rings. The second-order valence-electron chi connectivity index (χ2n) is 4.35. The molecule has 1 aromatic rings. The highest BCUT2D eigenvalue weighted by Gasteiger charge is 2.28. The van der Waals surface area contributed by atoms with Crippen LogP contribution in [0.5, 0.6) is 0 Å². The highest BCUT2D eigenvalue weighted by Crippen LogP contribution is 2.26. The number of nitriles is 2. The number of benzene rings is 1. The number of hydrogen-bond acceptors (Lipinski definition) is 5. The normalized spacial score (nSPS) is 17.9. The lowest BCUT2D eigenvalue weighted by molar-refractivity contribution is -0.132. The van der Waals surface area contributed by atoms with Crippen molar-refractivity contribution in [1.29, 1.82) is 10.5 Å². The molecular weight excluding hydrogens is 256 g/mol. The lowest BCUT2D eigenvalue weighted by Gasteiger charge is -2.34. The largest absolute Gasteiger partial charge is 0.365 e. The fraction of sp³-hybridized carbons (Fsp3) is 0.357. The first-order valence-electron chi connectivity index (χ1n) is 6.22. The fourth-order valence-electron chi connectivity index (χ4n) is 2.24. The predicted octanol–water partition coefficient (Wildman–Crippen LogP) is 0.381. The van der Waals surface area contributed by atoms with Crippen LogP contribution in [-0.4, -0.2) is 38.8 Å². The Morgan fingerprint density at radius 3 is 2.60 bits per heavy atom. The Morgan fingerprint density at radius 2 is 2.05 bits per heavy atom. The van der Waals surface area contributed by atoms with Gasteiger partial charge in [0.1, 0.15) is 12.1 Å². The lowest BCUT2D eigenvalue weighted by atomic mass is 10.1. The number of morpholine rings is 1. The van der Waals surface area contributed by atoms with Gasteiger partial charge in [-0.2, -0.15) is 10.5 Å². The maximum Gasteiger partial charge on any atom is 0.250 e. The Hall–Kier alpha value is -2.57. The molecule has 0 saturated carbocycles. The van der Waals surface area contributed by atoms with Crippen LogP contribution in [0, 0.1) is 22.7 Å². The van der Waals surface area contributed by atoms with Gasteiger partial charge in [-0.25, -0.2) is 0 Å². The Balaban J connectivity index is 2.34. The molecule has 20 heavy (non-hydrogen) atoms. The van der Waals surface area contributed by atoms with Crippen LogP contribution in [0.3, 0.4) is 0 Å². The van der Waals surface area contributed by atoms with Crippen LogP contribution in [0.4, 0.5) is 5.69 Å². The van der Waals surface area contributed by atoms with E-state index in [2.05, 4.69) is 17.5 Å². The van der Waals surface area contributed by atoms with Gasteiger partial charge >= 0.3 is 0 Å². The quantitative estimate of drug-likeness (QED) is 0.839. The van der Waals surface area contributed by atoms with Crippen LogP contribution in [0.15, 0.2) is 18.2 Å². The monoisotopic (exact) mass is 270 g/mol. The molecule has 6 nitrogen and oxygen atoms in total. The fourth-order valence-corrected chi connectivity index (χ4v) is 2.24. The van der Waals surface area contributed by atoms with E-state index in [9.17, 15) is 15.3 Å². The molecule has 0 spiro atoms. The number of rotatable bonds is 2. The van der Waals surface area contributed by atoms with E-state index in [1.807, 2.05) is 4.90 Å². The molecule has 0 bridgehead atoms. The van der Waals surface area contributed by atoms with E-state index >= 15 is 0 Å². The smallest absolute Gasteiger partial charge is 0.250 e. The Labute approximate surface area is 117 Å². The average Bonchev–Trinajstić information content (AvgIpc) is 2.53. The predicted molar refractivity (Wildman–Crippen MR) is 71.9 cm³/mol. The van der Waals surface area contributed by atoms with Gasteiger partial charge in [-0.1, -0.05) is 6.07 Å². The molecular formula is C14H14N4O2. The summed E-state index contributed by atoms with van der Waals surface area (Å²) in [6.45, 7) is 1.25. The van der Waals surface area contributed by atoms with Crippen molar-refractivity contribution in [3.05, 3.63) is 29.3 Å². The van der Waals surface area contributed by atoms with Gasteiger partial charge in [0, 0.05) is 13.6 Å². The summed E-state index contributed by atoms with van der Waals surface area (Å²) in [7, 11) is 1.55. The van der Waals surface area contributed by atoms with Crippen molar-refractivity contribution in [3.8, 4) is 12.1 Å². The van der Waals surface area contributed by atoms with Crippen molar-refractivity contribution in [2.75, 3.05) is 31.6 Å². The summed E-state index contributed by atoms with van der Waals surface area (Å²) >= 11 is 0. The van der Waals surface area contributed by atoms with Crippen molar-refractivity contribution >= 4 is 11.6 Å². The van der Waals surface area contributed by atoms with Gasteiger partial charge in [-0.05, 0) is 12.1 Å². The average molecular weight is 270 g/mol. The molecule has 1 fully saturated rings. The van der Waals surface area contributed by atoms with E-state index in [0.717, 1.165) is 0 Å². The number of para-hydroxylation sites is 1. The highest BCUT2D eigenvalue weighted by atomic mass is 16.5. The van der Waals surface area contributed by atoms with Crippen LogP contribution >= 0.6 is 0 Å². The first kappa shape index (κ1) is 13.9. The first-order chi connectivity index (χ1) is 9.71. The third-order valence-corrected chi connectivity index (χ3v) is 3.20. The van der Waals surface area contributed by atoms with Gasteiger partial charge in [0.25, 0.3) is 5.91 Å². The van der Waals surface area contributed by atoms with Gasteiger partial charge in [0.2, 0.25) is 0 Å².